The Labute approximate surface area is 237 Å². The molecule has 9 N–H and O–H groups in total. The zero-order chi connectivity index (χ0) is 32.8. The molecule has 0 aliphatic carbocycles. The van der Waals surface area contributed by atoms with E-state index in [1.54, 1.807) is 38.1 Å². The van der Waals surface area contributed by atoms with Crippen LogP contribution in [0.1, 0.15) is 25.8 Å². The highest BCUT2D eigenvalue weighted by atomic mass is 19.4. The SMILES string of the molecule is CC(C)[C@H](NC(=O)[C@H](CC(=O)O)NC(=O)CN(C)C(=O)C=Cc1ccc(N=C(N)N)cc1)C(=O)O.O=C(O)C(F)(F)F. The van der Waals surface area contributed by atoms with Crippen molar-refractivity contribution in [3.05, 3.63) is 35.9 Å². The molecule has 0 aromatic heterocycles. The molecule has 18 heteroatoms. The zero-order valence-corrected chi connectivity index (χ0v) is 22.6. The van der Waals surface area contributed by atoms with Crippen LogP contribution in [-0.2, 0) is 28.8 Å². The number of alkyl halides is 3. The van der Waals surface area contributed by atoms with Gasteiger partial charge < -0.3 is 42.3 Å². The number of amides is 3. The second kappa shape index (κ2) is 16.8. The predicted molar refractivity (Wildman–Crippen MR) is 141 cm³/mol. The number of carboxylic acid groups (broad SMARTS) is 3. The molecule has 2 atom stereocenters. The fourth-order valence-electron chi connectivity index (χ4n) is 2.79. The lowest BCUT2D eigenvalue weighted by Gasteiger charge is -2.23. The van der Waals surface area contributed by atoms with Crippen LogP contribution >= 0.6 is 0 Å². The molecule has 0 aliphatic rings. The van der Waals surface area contributed by atoms with Gasteiger partial charge in [-0.05, 0) is 29.7 Å². The summed E-state index contributed by atoms with van der Waals surface area (Å²) in [6.45, 7) is 2.66. The van der Waals surface area contributed by atoms with E-state index in [4.69, 9.17) is 26.5 Å². The number of halogens is 3. The number of aliphatic imine (C=N–C) groups is 1. The van der Waals surface area contributed by atoms with E-state index in [2.05, 4.69) is 15.6 Å². The summed E-state index contributed by atoms with van der Waals surface area (Å²) in [6, 6.07) is 3.84. The van der Waals surface area contributed by atoms with Crippen LogP contribution in [0.25, 0.3) is 6.08 Å². The number of benzene rings is 1. The smallest absolute Gasteiger partial charge is 0.481 e. The van der Waals surface area contributed by atoms with Crippen molar-refractivity contribution in [3.8, 4) is 0 Å². The van der Waals surface area contributed by atoms with Crippen molar-refractivity contribution in [1.29, 1.82) is 0 Å². The van der Waals surface area contributed by atoms with E-state index in [1.165, 1.54) is 19.2 Å². The third-order valence-electron chi connectivity index (χ3n) is 4.83. The Morgan fingerprint density at radius 1 is 1.00 bits per heavy atom. The van der Waals surface area contributed by atoms with Crippen LogP contribution in [0, 0.1) is 5.92 Å². The summed E-state index contributed by atoms with van der Waals surface area (Å²) in [6.07, 6.45) is -3.12. The van der Waals surface area contributed by atoms with Crippen LogP contribution in [0.15, 0.2) is 35.3 Å². The Kier molecular flexibility index (Phi) is 14.8. The van der Waals surface area contributed by atoms with Gasteiger partial charge in [-0.2, -0.15) is 13.2 Å². The third-order valence-corrected chi connectivity index (χ3v) is 4.83. The quantitative estimate of drug-likeness (QED) is 0.0940. The van der Waals surface area contributed by atoms with Gasteiger partial charge >= 0.3 is 24.1 Å². The van der Waals surface area contributed by atoms with Gasteiger partial charge in [0.15, 0.2) is 5.96 Å². The lowest BCUT2D eigenvalue weighted by atomic mass is 10.0. The molecule has 1 aromatic rings. The molecule has 0 aliphatic heterocycles. The van der Waals surface area contributed by atoms with Crippen LogP contribution < -0.4 is 22.1 Å². The first-order valence-electron chi connectivity index (χ1n) is 11.7. The maximum absolute atomic E-state index is 12.4. The van der Waals surface area contributed by atoms with Gasteiger partial charge in [0, 0.05) is 13.1 Å². The van der Waals surface area contributed by atoms with Crippen molar-refractivity contribution in [3.63, 3.8) is 0 Å². The topological polar surface area (TPSA) is 255 Å². The second-order valence-electron chi connectivity index (χ2n) is 8.75. The molecule has 1 aromatic carbocycles. The van der Waals surface area contributed by atoms with Gasteiger partial charge in [0.1, 0.15) is 12.1 Å². The van der Waals surface area contributed by atoms with Crippen molar-refractivity contribution in [2.45, 2.75) is 38.5 Å². The highest BCUT2D eigenvalue weighted by Gasteiger charge is 2.38. The van der Waals surface area contributed by atoms with Crippen molar-refractivity contribution < 1.29 is 57.3 Å². The Bertz CT molecular complexity index is 1200. The zero-order valence-electron chi connectivity index (χ0n) is 22.6. The van der Waals surface area contributed by atoms with Crippen LogP contribution in [0.4, 0.5) is 18.9 Å². The summed E-state index contributed by atoms with van der Waals surface area (Å²) in [5, 5.41) is 29.9. The molecule has 0 spiro atoms. The first-order valence-corrected chi connectivity index (χ1v) is 11.7. The molecule has 232 valence electrons. The number of nitrogens with zero attached hydrogens (tertiary/aromatic N) is 2. The molecular formula is C24H31F3N6O9. The first kappa shape index (κ1) is 36.8. The molecule has 0 bridgehead atoms. The molecule has 42 heavy (non-hydrogen) atoms. The first-order chi connectivity index (χ1) is 19.2. The molecule has 3 amide bonds. The average molecular weight is 605 g/mol. The fourth-order valence-corrected chi connectivity index (χ4v) is 2.79. The molecule has 0 saturated heterocycles. The Hall–Kier alpha value is -5.16. The molecule has 15 nitrogen and oxygen atoms in total. The lowest BCUT2D eigenvalue weighted by Crippen LogP contribution is -2.54. The molecule has 1 rings (SSSR count). The Morgan fingerprint density at radius 2 is 1.52 bits per heavy atom. The monoisotopic (exact) mass is 604 g/mol. The number of carboxylic acids is 3. The summed E-state index contributed by atoms with van der Waals surface area (Å²) < 4.78 is 31.7. The van der Waals surface area contributed by atoms with Crippen molar-refractivity contribution in [2.75, 3.05) is 13.6 Å². The molecule has 0 saturated carbocycles. The number of rotatable bonds is 12. The summed E-state index contributed by atoms with van der Waals surface area (Å²) in [5.41, 5.74) is 11.8. The van der Waals surface area contributed by atoms with Crippen LogP contribution in [-0.4, -0.2) is 93.7 Å². The molecular weight excluding hydrogens is 573 g/mol. The Balaban J connectivity index is 0.00000212. The molecule has 0 unspecified atom stereocenters. The standard InChI is InChI=1S/C22H30N6O7.C2HF3O2/c1-12(2)19(21(34)35)27-20(33)15(10-18(31)32)26-16(29)11-28(3)17(30)9-6-13-4-7-14(8-5-13)25-22(23)24;3-2(4,5)1(6)7/h4-9,12,15,19H,10-11H2,1-3H3,(H,26,29)(H,27,33)(H,31,32)(H,34,35)(H4,23,24,25);(H,6,7)/t15-,19-;/m0./s1. The number of nitrogens with one attached hydrogen (secondary N) is 2. The summed E-state index contributed by atoms with van der Waals surface area (Å²) in [7, 11) is 1.35. The lowest BCUT2D eigenvalue weighted by molar-refractivity contribution is -0.192. The average Bonchev–Trinajstić information content (AvgIpc) is 2.84. The van der Waals surface area contributed by atoms with Gasteiger partial charge in [-0.25, -0.2) is 14.6 Å². The van der Waals surface area contributed by atoms with Crippen molar-refractivity contribution >= 4 is 53.4 Å². The summed E-state index contributed by atoms with van der Waals surface area (Å²) in [5.74, 6) is -8.28. The maximum Gasteiger partial charge on any atom is 0.490 e. The number of likely N-dealkylation sites (N-methyl/N-ethyl adjacent to an activating group) is 1. The predicted octanol–water partition coefficient (Wildman–Crippen LogP) is -0.119. The maximum atomic E-state index is 12.4. The van der Waals surface area contributed by atoms with E-state index in [1.807, 2.05) is 0 Å². The van der Waals surface area contributed by atoms with Gasteiger partial charge in [-0.15, -0.1) is 0 Å². The molecule has 0 fully saturated rings. The molecule has 0 heterocycles. The van der Waals surface area contributed by atoms with E-state index in [0.717, 1.165) is 4.90 Å². The number of carbonyl (C=O) groups is 6. The van der Waals surface area contributed by atoms with Crippen molar-refractivity contribution in [2.24, 2.45) is 22.4 Å². The van der Waals surface area contributed by atoms with E-state index in [0.29, 0.717) is 11.3 Å². The van der Waals surface area contributed by atoms with E-state index in [-0.39, 0.29) is 5.96 Å². The van der Waals surface area contributed by atoms with Gasteiger partial charge in [0.25, 0.3) is 0 Å². The second-order valence-corrected chi connectivity index (χ2v) is 8.75. The molecule has 0 radical (unpaired) electrons. The van der Waals surface area contributed by atoms with Gasteiger partial charge in [0.2, 0.25) is 17.7 Å². The van der Waals surface area contributed by atoms with E-state index in [9.17, 15) is 42.3 Å². The van der Waals surface area contributed by atoms with E-state index >= 15 is 0 Å². The van der Waals surface area contributed by atoms with E-state index < -0.39 is 72.8 Å². The van der Waals surface area contributed by atoms with Gasteiger partial charge in [0.05, 0.1) is 18.7 Å². The van der Waals surface area contributed by atoms with Crippen molar-refractivity contribution in [1.82, 2.24) is 15.5 Å². The number of hydrogen-bond acceptors (Lipinski definition) is 7. The number of guanidine groups is 1. The minimum atomic E-state index is -5.08. The van der Waals surface area contributed by atoms with Crippen LogP contribution in [0.3, 0.4) is 0 Å². The fraction of sp³-hybridized carbons (Fsp3) is 0.375. The minimum absolute atomic E-state index is 0.0897. The Morgan fingerprint density at radius 3 is 1.93 bits per heavy atom. The number of nitrogens with two attached hydrogens (primary N) is 2. The summed E-state index contributed by atoms with van der Waals surface area (Å²) in [4.78, 5) is 73.4. The normalized spacial score (nSPS) is 12.3. The van der Waals surface area contributed by atoms with Crippen LogP contribution in [0.5, 0.6) is 0 Å². The highest BCUT2D eigenvalue weighted by molar-refractivity contribution is 5.96. The third kappa shape index (κ3) is 14.8. The highest BCUT2D eigenvalue weighted by Crippen LogP contribution is 2.14. The number of aliphatic carboxylic acids is 3. The largest absolute Gasteiger partial charge is 0.490 e. The number of carbonyl (C=O) groups excluding carboxylic acids is 3. The van der Waals surface area contributed by atoms with Gasteiger partial charge in [-0.3, -0.25) is 19.2 Å². The summed E-state index contributed by atoms with van der Waals surface area (Å²) >= 11 is 0. The number of hydrogen-bond donors (Lipinski definition) is 7. The van der Waals surface area contributed by atoms with Gasteiger partial charge in [-0.1, -0.05) is 26.0 Å². The van der Waals surface area contributed by atoms with Crippen LogP contribution in [0.2, 0.25) is 0 Å². The minimum Gasteiger partial charge on any atom is -0.481 e.